The third-order valence-corrected chi connectivity index (χ3v) is 6.12. The monoisotopic (exact) mass is 400 g/mol. The van der Waals surface area contributed by atoms with E-state index in [-0.39, 0.29) is 17.7 Å². The van der Waals surface area contributed by atoms with Gasteiger partial charge in [0.05, 0.1) is 12.2 Å². The molecule has 2 fully saturated rings. The maximum Gasteiger partial charge on any atom is 0.253 e. The van der Waals surface area contributed by atoms with Crippen LogP contribution in [0.25, 0.3) is 0 Å². The number of nitrogens with zero attached hydrogens (tertiary/aromatic N) is 4. The summed E-state index contributed by atoms with van der Waals surface area (Å²) in [6, 6.07) is 7.37. The molecule has 0 aliphatic carbocycles. The van der Waals surface area contributed by atoms with Crippen LogP contribution < -0.4 is 0 Å². The molecule has 1 unspecified atom stereocenters. The average Bonchev–Trinajstić information content (AvgIpc) is 3.28. The fourth-order valence-electron chi connectivity index (χ4n) is 4.27. The van der Waals surface area contributed by atoms with Crippen molar-refractivity contribution in [1.29, 1.82) is 0 Å². The molecule has 1 aromatic heterocycles. The predicted molar refractivity (Wildman–Crippen MR) is 107 cm³/mol. The van der Waals surface area contributed by atoms with Crippen molar-refractivity contribution in [2.24, 2.45) is 5.92 Å². The van der Waals surface area contributed by atoms with Crippen LogP contribution in [-0.2, 0) is 4.79 Å². The number of imidazole rings is 1. The van der Waals surface area contributed by atoms with Gasteiger partial charge in [0.15, 0.2) is 0 Å². The smallest absolute Gasteiger partial charge is 0.253 e. The lowest BCUT2D eigenvalue weighted by atomic mass is 9.94. The Morgan fingerprint density at radius 1 is 1.00 bits per heavy atom. The zero-order valence-electron chi connectivity index (χ0n) is 15.8. The summed E-state index contributed by atoms with van der Waals surface area (Å²) in [5.41, 5.74) is 0.624. The number of piperidine rings is 2. The average molecular weight is 401 g/mol. The quantitative estimate of drug-likeness (QED) is 0.794. The molecule has 148 valence electrons. The fourth-order valence-corrected chi connectivity index (χ4v) is 4.39. The van der Waals surface area contributed by atoms with Crippen molar-refractivity contribution < 1.29 is 9.59 Å². The minimum absolute atomic E-state index is 0.0204. The lowest BCUT2D eigenvalue weighted by Crippen LogP contribution is -2.48. The van der Waals surface area contributed by atoms with Crippen LogP contribution >= 0.6 is 11.6 Å². The molecule has 1 aromatic carbocycles. The second-order valence-electron chi connectivity index (χ2n) is 7.66. The van der Waals surface area contributed by atoms with Gasteiger partial charge in [0.2, 0.25) is 5.91 Å². The molecule has 0 bridgehead atoms. The summed E-state index contributed by atoms with van der Waals surface area (Å²) < 4.78 is 2.13. The van der Waals surface area contributed by atoms with E-state index in [4.69, 9.17) is 11.6 Å². The highest BCUT2D eigenvalue weighted by atomic mass is 35.5. The van der Waals surface area contributed by atoms with E-state index in [1.807, 2.05) is 22.3 Å². The lowest BCUT2D eigenvalue weighted by Gasteiger charge is -2.38. The predicted octanol–water partition coefficient (Wildman–Crippen LogP) is 3.25. The minimum atomic E-state index is -0.102. The summed E-state index contributed by atoms with van der Waals surface area (Å²) in [5, 5.41) is 0.613. The summed E-state index contributed by atoms with van der Waals surface area (Å²) in [6.45, 7) is 2.74. The van der Waals surface area contributed by atoms with E-state index in [9.17, 15) is 9.59 Å². The minimum Gasteiger partial charge on any atom is -0.342 e. The first-order valence-corrected chi connectivity index (χ1v) is 10.3. The fraction of sp³-hybridized carbons (Fsp3) is 0.476. The summed E-state index contributed by atoms with van der Waals surface area (Å²) >= 11 is 5.92. The SMILES string of the molecule is O=C(c1ccc(Cl)cc1)N1CCCC(C(=O)N2CCC(n3ccnc3)CC2)C1. The molecule has 0 N–H and O–H groups in total. The summed E-state index contributed by atoms with van der Waals surface area (Å²) in [5.74, 6) is 0.0699. The van der Waals surface area contributed by atoms with Crippen molar-refractivity contribution in [2.75, 3.05) is 26.2 Å². The van der Waals surface area contributed by atoms with Crippen molar-refractivity contribution in [1.82, 2.24) is 19.4 Å². The number of aromatic nitrogens is 2. The van der Waals surface area contributed by atoms with E-state index in [0.29, 0.717) is 29.7 Å². The Labute approximate surface area is 170 Å². The molecule has 7 heteroatoms. The molecule has 0 spiro atoms. The highest BCUT2D eigenvalue weighted by Gasteiger charge is 2.33. The van der Waals surface area contributed by atoms with E-state index < -0.39 is 0 Å². The number of rotatable bonds is 3. The van der Waals surface area contributed by atoms with Crippen LogP contribution in [-0.4, -0.2) is 57.3 Å². The summed E-state index contributed by atoms with van der Waals surface area (Å²) in [6.07, 6.45) is 9.25. The first-order valence-electron chi connectivity index (χ1n) is 9.93. The van der Waals surface area contributed by atoms with Gasteiger partial charge in [-0.3, -0.25) is 9.59 Å². The molecule has 2 saturated heterocycles. The number of likely N-dealkylation sites (tertiary alicyclic amines) is 2. The van der Waals surface area contributed by atoms with Gasteiger partial charge in [0.1, 0.15) is 0 Å². The molecule has 2 aliphatic heterocycles. The molecule has 2 aliphatic rings. The Morgan fingerprint density at radius 3 is 2.43 bits per heavy atom. The molecular weight excluding hydrogens is 376 g/mol. The van der Waals surface area contributed by atoms with E-state index in [1.54, 1.807) is 30.5 Å². The van der Waals surface area contributed by atoms with E-state index in [1.165, 1.54) is 0 Å². The molecule has 28 heavy (non-hydrogen) atoms. The molecule has 4 rings (SSSR count). The van der Waals surface area contributed by atoms with Crippen LogP contribution in [0.4, 0.5) is 0 Å². The second kappa shape index (κ2) is 8.35. The van der Waals surface area contributed by atoms with Crippen LogP contribution in [0, 0.1) is 5.92 Å². The highest BCUT2D eigenvalue weighted by molar-refractivity contribution is 6.30. The van der Waals surface area contributed by atoms with Crippen LogP contribution in [0.15, 0.2) is 43.0 Å². The zero-order chi connectivity index (χ0) is 19.5. The van der Waals surface area contributed by atoms with Crippen LogP contribution in [0.1, 0.15) is 42.1 Å². The van der Waals surface area contributed by atoms with Crippen LogP contribution in [0.3, 0.4) is 0 Å². The largest absolute Gasteiger partial charge is 0.342 e. The van der Waals surface area contributed by atoms with Gasteiger partial charge < -0.3 is 14.4 Å². The second-order valence-corrected chi connectivity index (χ2v) is 8.10. The first-order chi connectivity index (χ1) is 13.6. The van der Waals surface area contributed by atoms with Gasteiger partial charge in [-0.2, -0.15) is 0 Å². The summed E-state index contributed by atoms with van der Waals surface area (Å²) in [4.78, 5) is 33.7. The third kappa shape index (κ3) is 4.07. The summed E-state index contributed by atoms with van der Waals surface area (Å²) in [7, 11) is 0. The van der Waals surface area contributed by atoms with Gasteiger partial charge in [-0.1, -0.05) is 11.6 Å². The third-order valence-electron chi connectivity index (χ3n) is 5.87. The first kappa shape index (κ1) is 19.0. The standard InChI is InChI=1S/C21H25ClN4O2/c22-18-5-3-16(4-6-18)20(27)25-10-1-2-17(14-25)21(28)24-11-7-19(8-12-24)26-13-9-23-15-26/h3-6,9,13,15,17,19H,1-2,7-8,10-12,14H2. The molecule has 6 nitrogen and oxygen atoms in total. The number of benzene rings is 1. The van der Waals surface area contributed by atoms with Gasteiger partial charge >= 0.3 is 0 Å². The molecule has 0 radical (unpaired) electrons. The van der Waals surface area contributed by atoms with Gasteiger partial charge in [-0.25, -0.2) is 4.98 Å². The van der Waals surface area contributed by atoms with Gasteiger partial charge in [0, 0.05) is 55.2 Å². The van der Waals surface area contributed by atoms with Crippen molar-refractivity contribution in [3.05, 3.63) is 53.6 Å². The molecule has 0 saturated carbocycles. The van der Waals surface area contributed by atoms with Crippen LogP contribution in [0.2, 0.25) is 5.02 Å². The van der Waals surface area contributed by atoms with Gasteiger partial charge in [-0.15, -0.1) is 0 Å². The van der Waals surface area contributed by atoms with E-state index in [2.05, 4.69) is 9.55 Å². The number of carbonyl (C=O) groups is 2. The molecule has 1 atom stereocenters. The number of carbonyl (C=O) groups excluding carboxylic acids is 2. The van der Waals surface area contributed by atoms with Gasteiger partial charge in [0.25, 0.3) is 5.91 Å². The lowest BCUT2D eigenvalue weighted by molar-refractivity contribution is -0.138. The number of hydrogen-bond donors (Lipinski definition) is 0. The van der Waals surface area contributed by atoms with Crippen molar-refractivity contribution in [3.63, 3.8) is 0 Å². The maximum absolute atomic E-state index is 13.0. The Bertz CT molecular complexity index is 813. The molecular formula is C21H25ClN4O2. The molecule has 2 aromatic rings. The Morgan fingerprint density at radius 2 is 1.75 bits per heavy atom. The molecule has 2 amide bonds. The number of halogens is 1. The van der Waals surface area contributed by atoms with Crippen LogP contribution in [0.5, 0.6) is 0 Å². The van der Waals surface area contributed by atoms with Crippen molar-refractivity contribution in [3.8, 4) is 0 Å². The maximum atomic E-state index is 13.0. The van der Waals surface area contributed by atoms with Gasteiger partial charge in [-0.05, 0) is 49.9 Å². The van der Waals surface area contributed by atoms with Crippen molar-refractivity contribution >= 4 is 23.4 Å². The molecule has 3 heterocycles. The Hall–Kier alpha value is -2.34. The zero-order valence-corrected chi connectivity index (χ0v) is 16.6. The highest BCUT2D eigenvalue weighted by Crippen LogP contribution is 2.26. The Balaban J connectivity index is 1.34. The topological polar surface area (TPSA) is 58.4 Å². The number of hydrogen-bond acceptors (Lipinski definition) is 3. The number of amides is 2. The van der Waals surface area contributed by atoms with Crippen molar-refractivity contribution in [2.45, 2.75) is 31.7 Å². The Kier molecular flexibility index (Phi) is 5.67. The van der Waals surface area contributed by atoms with E-state index in [0.717, 1.165) is 38.8 Å². The normalized spacial score (nSPS) is 21.0. The van der Waals surface area contributed by atoms with E-state index >= 15 is 0 Å².